The number of amidine groups is 1. The highest BCUT2D eigenvalue weighted by atomic mass is 79.9. The third-order valence-electron chi connectivity index (χ3n) is 2.63. The van der Waals surface area contributed by atoms with Crippen LogP contribution in [0.25, 0.3) is 0 Å². The van der Waals surface area contributed by atoms with Crippen molar-refractivity contribution in [2.75, 3.05) is 7.05 Å². The lowest BCUT2D eigenvalue weighted by Gasteiger charge is -2.16. The maximum atomic E-state index is 7.39. The maximum Gasteiger partial charge on any atom is 0.141 e. The maximum absolute atomic E-state index is 7.39. The molecule has 4 nitrogen and oxygen atoms in total. The topological polar surface area (TPSA) is 66.0 Å². The summed E-state index contributed by atoms with van der Waals surface area (Å²) in [6, 6.07) is 5.95. The Morgan fingerprint density at radius 2 is 2.16 bits per heavy atom. The highest BCUT2D eigenvalue weighted by Gasteiger charge is 2.05. The lowest BCUT2D eigenvalue weighted by molar-refractivity contribution is 0.319. The van der Waals surface area contributed by atoms with Crippen molar-refractivity contribution in [3.8, 4) is 0 Å². The standard InChI is InChI=1S/C13H15BrN4S/c1-18(7-10-5-12(14)19-8-10)6-9-2-3-17-11(4-9)13(15)16/h2-5,8H,6-7H2,1H3,(H3,15,16). The Hall–Kier alpha value is -1.24. The fourth-order valence-electron chi connectivity index (χ4n) is 1.83. The van der Waals surface area contributed by atoms with Crippen molar-refractivity contribution in [3.05, 3.63) is 50.4 Å². The van der Waals surface area contributed by atoms with E-state index in [1.165, 1.54) is 5.56 Å². The van der Waals surface area contributed by atoms with E-state index < -0.39 is 0 Å². The molecule has 6 heteroatoms. The first-order chi connectivity index (χ1) is 9.04. The zero-order chi connectivity index (χ0) is 13.8. The van der Waals surface area contributed by atoms with Gasteiger partial charge in [-0.05, 0) is 57.7 Å². The van der Waals surface area contributed by atoms with Gasteiger partial charge < -0.3 is 5.73 Å². The second-order valence-electron chi connectivity index (χ2n) is 4.39. The molecule has 2 rings (SSSR count). The number of thiophene rings is 1. The van der Waals surface area contributed by atoms with Crippen molar-refractivity contribution >= 4 is 33.1 Å². The second-order valence-corrected chi connectivity index (χ2v) is 6.68. The van der Waals surface area contributed by atoms with Gasteiger partial charge in [0, 0.05) is 19.3 Å². The van der Waals surface area contributed by atoms with E-state index in [-0.39, 0.29) is 5.84 Å². The molecule has 3 N–H and O–H groups in total. The van der Waals surface area contributed by atoms with Gasteiger partial charge in [0.25, 0.3) is 0 Å². The molecule has 0 aliphatic carbocycles. The van der Waals surface area contributed by atoms with Crippen molar-refractivity contribution in [2.45, 2.75) is 13.1 Å². The molecule has 0 amide bonds. The molecule has 2 aromatic rings. The summed E-state index contributed by atoms with van der Waals surface area (Å²) in [7, 11) is 2.07. The number of nitrogens with two attached hydrogens (primary N) is 1. The van der Waals surface area contributed by atoms with Crippen LogP contribution >= 0.6 is 27.3 Å². The summed E-state index contributed by atoms with van der Waals surface area (Å²) in [6.45, 7) is 1.69. The quantitative estimate of drug-likeness (QED) is 0.650. The van der Waals surface area contributed by atoms with Gasteiger partial charge in [-0.15, -0.1) is 11.3 Å². The van der Waals surface area contributed by atoms with Gasteiger partial charge in [0.05, 0.1) is 3.79 Å². The zero-order valence-corrected chi connectivity index (χ0v) is 13.0. The first-order valence-electron chi connectivity index (χ1n) is 5.75. The monoisotopic (exact) mass is 338 g/mol. The SMILES string of the molecule is CN(Cc1ccnc(C(=N)N)c1)Cc1csc(Br)c1. The Labute approximate surface area is 124 Å². The molecule has 0 unspecified atom stereocenters. The van der Waals surface area contributed by atoms with Crippen LogP contribution in [0.2, 0.25) is 0 Å². The van der Waals surface area contributed by atoms with Crippen LogP contribution in [0, 0.1) is 5.41 Å². The number of nitrogen functional groups attached to an aromatic ring is 1. The van der Waals surface area contributed by atoms with Gasteiger partial charge in [0.1, 0.15) is 11.5 Å². The predicted octanol–water partition coefficient (Wildman–Crippen LogP) is 2.82. The Morgan fingerprint density at radius 1 is 1.42 bits per heavy atom. The Balaban J connectivity index is 2.00. The Morgan fingerprint density at radius 3 is 2.79 bits per heavy atom. The molecular formula is C13H15BrN4S. The molecule has 100 valence electrons. The smallest absolute Gasteiger partial charge is 0.141 e. The van der Waals surface area contributed by atoms with Crippen molar-refractivity contribution in [2.24, 2.45) is 5.73 Å². The molecule has 0 saturated heterocycles. The van der Waals surface area contributed by atoms with Crippen LogP contribution < -0.4 is 5.73 Å². The minimum absolute atomic E-state index is 0.00580. The van der Waals surface area contributed by atoms with Gasteiger partial charge in [-0.25, -0.2) is 0 Å². The van der Waals surface area contributed by atoms with E-state index in [1.54, 1.807) is 17.5 Å². The van der Waals surface area contributed by atoms with E-state index in [0.717, 1.165) is 22.4 Å². The number of pyridine rings is 1. The minimum atomic E-state index is 0.00580. The summed E-state index contributed by atoms with van der Waals surface area (Å²) in [4.78, 5) is 6.28. The number of hydrogen-bond donors (Lipinski definition) is 2. The number of nitrogens with zero attached hydrogens (tertiary/aromatic N) is 2. The van der Waals surface area contributed by atoms with Crippen LogP contribution in [0.4, 0.5) is 0 Å². The van der Waals surface area contributed by atoms with Crippen LogP contribution in [-0.4, -0.2) is 22.8 Å². The third kappa shape index (κ3) is 4.12. The lowest BCUT2D eigenvalue weighted by atomic mass is 10.2. The summed E-state index contributed by atoms with van der Waals surface area (Å²) in [5.74, 6) is 0.00580. The molecule has 0 radical (unpaired) electrons. The van der Waals surface area contributed by atoms with Crippen LogP contribution in [0.3, 0.4) is 0 Å². The average Bonchev–Trinajstić information content (AvgIpc) is 2.74. The van der Waals surface area contributed by atoms with Crippen LogP contribution in [-0.2, 0) is 13.1 Å². The average molecular weight is 339 g/mol. The predicted molar refractivity (Wildman–Crippen MR) is 82.4 cm³/mol. The molecular weight excluding hydrogens is 324 g/mol. The first-order valence-corrected chi connectivity index (χ1v) is 7.42. The number of rotatable bonds is 5. The van der Waals surface area contributed by atoms with E-state index in [2.05, 4.69) is 44.3 Å². The van der Waals surface area contributed by atoms with Gasteiger partial charge in [-0.3, -0.25) is 15.3 Å². The third-order valence-corrected chi connectivity index (χ3v) is 4.18. The molecule has 2 heterocycles. The van der Waals surface area contributed by atoms with E-state index >= 15 is 0 Å². The molecule has 2 aromatic heterocycles. The van der Waals surface area contributed by atoms with Crippen LogP contribution in [0.5, 0.6) is 0 Å². The second kappa shape index (κ2) is 6.27. The normalized spacial score (nSPS) is 10.9. The number of halogens is 1. The van der Waals surface area contributed by atoms with Crippen molar-refractivity contribution in [1.29, 1.82) is 5.41 Å². The zero-order valence-electron chi connectivity index (χ0n) is 10.6. The molecule has 0 aliphatic heterocycles. The highest BCUT2D eigenvalue weighted by Crippen LogP contribution is 2.21. The van der Waals surface area contributed by atoms with Crippen LogP contribution in [0.1, 0.15) is 16.8 Å². The van der Waals surface area contributed by atoms with Gasteiger partial charge in [-0.1, -0.05) is 0 Å². The summed E-state index contributed by atoms with van der Waals surface area (Å²) < 4.78 is 1.15. The summed E-state index contributed by atoms with van der Waals surface area (Å²) in [5.41, 5.74) is 8.37. The molecule has 0 spiro atoms. The lowest BCUT2D eigenvalue weighted by Crippen LogP contribution is -2.18. The molecule has 0 aromatic carbocycles. The largest absolute Gasteiger partial charge is 0.382 e. The summed E-state index contributed by atoms with van der Waals surface area (Å²) >= 11 is 5.16. The molecule has 0 saturated carbocycles. The van der Waals surface area contributed by atoms with E-state index in [4.69, 9.17) is 11.1 Å². The van der Waals surface area contributed by atoms with Gasteiger partial charge in [0.2, 0.25) is 0 Å². The van der Waals surface area contributed by atoms with Gasteiger partial charge in [0.15, 0.2) is 0 Å². The van der Waals surface area contributed by atoms with Crippen molar-refractivity contribution in [1.82, 2.24) is 9.88 Å². The minimum Gasteiger partial charge on any atom is -0.382 e. The number of aromatic nitrogens is 1. The molecule has 0 bridgehead atoms. The fourth-order valence-corrected chi connectivity index (χ4v) is 3.03. The van der Waals surface area contributed by atoms with Crippen molar-refractivity contribution in [3.63, 3.8) is 0 Å². The molecule has 19 heavy (non-hydrogen) atoms. The van der Waals surface area contributed by atoms with Gasteiger partial charge in [-0.2, -0.15) is 0 Å². The van der Waals surface area contributed by atoms with Gasteiger partial charge >= 0.3 is 0 Å². The number of hydrogen-bond acceptors (Lipinski definition) is 4. The van der Waals surface area contributed by atoms with E-state index in [1.807, 2.05) is 12.1 Å². The fraction of sp³-hybridized carbons (Fsp3) is 0.231. The number of nitrogens with one attached hydrogen (secondary N) is 1. The van der Waals surface area contributed by atoms with Crippen molar-refractivity contribution < 1.29 is 0 Å². The van der Waals surface area contributed by atoms with E-state index in [0.29, 0.717) is 5.69 Å². The molecule has 0 aliphatic rings. The van der Waals surface area contributed by atoms with E-state index in [9.17, 15) is 0 Å². The van der Waals surface area contributed by atoms with Crippen LogP contribution in [0.15, 0.2) is 33.6 Å². The summed E-state index contributed by atoms with van der Waals surface area (Å²) in [6.07, 6.45) is 1.70. The Bertz CT molecular complexity index is 582. The highest BCUT2D eigenvalue weighted by molar-refractivity contribution is 9.11. The summed E-state index contributed by atoms with van der Waals surface area (Å²) in [5, 5.41) is 9.54. The molecule has 0 atom stereocenters. The Kier molecular flexibility index (Phi) is 4.68. The molecule has 0 fully saturated rings. The first kappa shape index (κ1) is 14.2.